The normalized spacial score (nSPS) is 20.8. The number of hydrogen-bond acceptors (Lipinski definition) is 10. The first kappa shape index (κ1) is 33.0. The summed E-state index contributed by atoms with van der Waals surface area (Å²) in [5.74, 6) is 0.444. The van der Waals surface area contributed by atoms with Crippen molar-refractivity contribution in [2.75, 3.05) is 19.0 Å². The number of aromatic nitrogens is 4. The maximum Gasteiger partial charge on any atom is 0.256 e. The number of fused-ring (bicyclic) bond motifs is 1. The van der Waals surface area contributed by atoms with Crippen molar-refractivity contribution in [3.8, 4) is 5.75 Å². The van der Waals surface area contributed by atoms with Gasteiger partial charge in [0, 0.05) is 5.56 Å². The van der Waals surface area contributed by atoms with Crippen molar-refractivity contribution in [1.29, 1.82) is 0 Å². The highest BCUT2D eigenvalue weighted by molar-refractivity contribution is 6.06. The van der Waals surface area contributed by atoms with Gasteiger partial charge in [0.05, 0.1) is 20.0 Å². The molecule has 1 amide bonds. The molecule has 50 heavy (non-hydrogen) atoms. The van der Waals surface area contributed by atoms with Gasteiger partial charge in [0.25, 0.3) is 5.91 Å². The van der Waals surface area contributed by atoms with E-state index in [0.29, 0.717) is 11.3 Å². The Balaban J connectivity index is 1.22. The minimum atomic E-state index is -1.61. The smallest absolute Gasteiger partial charge is 0.256 e. The maximum atomic E-state index is 12.9. The Bertz CT molecular complexity index is 2010. The van der Waals surface area contributed by atoms with Crippen molar-refractivity contribution in [2.24, 2.45) is 0 Å². The molecule has 12 nitrogen and oxygen atoms in total. The van der Waals surface area contributed by atoms with E-state index in [-0.39, 0.29) is 29.5 Å². The number of rotatable bonds is 10. The molecule has 0 spiro atoms. The average Bonchev–Trinajstić information content (AvgIpc) is 3.61. The van der Waals surface area contributed by atoms with Crippen LogP contribution < -0.4 is 10.1 Å². The van der Waals surface area contributed by atoms with E-state index in [1.165, 1.54) is 17.2 Å². The molecule has 6 aromatic rings. The van der Waals surface area contributed by atoms with Gasteiger partial charge in [-0.05, 0) is 41.0 Å². The molecule has 2 aromatic heterocycles. The lowest BCUT2D eigenvalue weighted by atomic mass is 9.80. The Kier molecular flexibility index (Phi) is 9.35. The van der Waals surface area contributed by atoms with Gasteiger partial charge in [-0.15, -0.1) is 0 Å². The first-order valence-corrected chi connectivity index (χ1v) is 16.0. The van der Waals surface area contributed by atoms with Gasteiger partial charge >= 0.3 is 0 Å². The fourth-order valence-electron chi connectivity index (χ4n) is 6.33. The van der Waals surface area contributed by atoms with Crippen LogP contribution in [-0.4, -0.2) is 78.9 Å². The number of methoxy groups -OCH3 is 1. The molecule has 254 valence electrons. The number of aliphatic hydroxyl groups is 3. The molecule has 1 saturated heterocycles. The van der Waals surface area contributed by atoms with Crippen LogP contribution in [-0.2, 0) is 15.1 Å². The van der Waals surface area contributed by atoms with Crippen LogP contribution in [0.2, 0.25) is 0 Å². The van der Waals surface area contributed by atoms with Crippen LogP contribution in [0, 0.1) is 0 Å². The number of amides is 1. The summed E-state index contributed by atoms with van der Waals surface area (Å²) >= 11 is 0. The number of nitrogens with zero attached hydrogens (tertiary/aromatic N) is 4. The quantitative estimate of drug-likeness (QED) is 0.156. The van der Waals surface area contributed by atoms with E-state index in [1.807, 2.05) is 91.0 Å². The lowest BCUT2D eigenvalue weighted by Gasteiger charge is -2.43. The van der Waals surface area contributed by atoms with Crippen LogP contribution in [0.5, 0.6) is 5.75 Å². The number of carbonyl (C=O) groups is 1. The fraction of sp³-hybridized carbons (Fsp3) is 0.211. The Morgan fingerprint density at radius 1 is 0.780 bits per heavy atom. The highest BCUT2D eigenvalue weighted by Crippen LogP contribution is 2.42. The SMILES string of the molecule is COc1ccc(C(OC[C@H]2O[C@@H](n3cnc4c(NC(=O)c5ccccc5)ncnc43)[C@H](O)[C@@H](O)[C@@H]2O)(c2ccccc2)c2ccccc2)cc1. The zero-order valence-corrected chi connectivity index (χ0v) is 27.0. The van der Waals surface area contributed by atoms with Gasteiger partial charge in [0.2, 0.25) is 0 Å². The third kappa shape index (κ3) is 6.10. The molecule has 0 unspecified atom stereocenters. The van der Waals surface area contributed by atoms with Gasteiger partial charge in [-0.1, -0.05) is 91.0 Å². The average molecular weight is 674 g/mol. The highest BCUT2D eigenvalue weighted by atomic mass is 16.6. The molecule has 4 N–H and O–H groups in total. The lowest BCUT2D eigenvalue weighted by Crippen LogP contribution is -2.57. The van der Waals surface area contributed by atoms with Crippen LogP contribution in [0.25, 0.3) is 11.2 Å². The molecule has 12 heteroatoms. The van der Waals surface area contributed by atoms with E-state index < -0.39 is 36.2 Å². The molecule has 5 atom stereocenters. The monoisotopic (exact) mass is 673 g/mol. The van der Waals surface area contributed by atoms with Crippen molar-refractivity contribution in [3.63, 3.8) is 0 Å². The molecule has 4 aromatic carbocycles. The van der Waals surface area contributed by atoms with E-state index >= 15 is 0 Å². The van der Waals surface area contributed by atoms with Gasteiger partial charge in [-0.3, -0.25) is 9.36 Å². The zero-order chi connectivity index (χ0) is 34.7. The summed E-state index contributed by atoms with van der Waals surface area (Å²) < 4.78 is 20.1. The second-order valence-electron chi connectivity index (χ2n) is 11.9. The predicted octanol–water partition coefficient (Wildman–Crippen LogP) is 4.08. The number of anilines is 1. The third-order valence-electron chi connectivity index (χ3n) is 8.91. The van der Waals surface area contributed by atoms with E-state index in [0.717, 1.165) is 16.7 Å². The van der Waals surface area contributed by atoms with Gasteiger partial charge in [-0.25, -0.2) is 15.0 Å². The third-order valence-corrected chi connectivity index (χ3v) is 8.91. The molecule has 0 radical (unpaired) electrons. The van der Waals surface area contributed by atoms with Crippen LogP contribution in [0.3, 0.4) is 0 Å². The maximum absolute atomic E-state index is 12.9. The molecule has 0 bridgehead atoms. The summed E-state index contributed by atoms with van der Waals surface area (Å²) in [6, 6.07) is 35.6. The zero-order valence-electron chi connectivity index (χ0n) is 27.0. The van der Waals surface area contributed by atoms with E-state index in [4.69, 9.17) is 14.2 Å². The molecule has 0 saturated carbocycles. The molecule has 7 rings (SSSR count). The predicted molar refractivity (Wildman–Crippen MR) is 183 cm³/mol. The number of hydrogen-bond donors (Lipinski definition) is 4. The summed E-state index contributed by atoms with van der Waals surface area (Å²) in [6.07, 6.45) is -4.39. The number of ether oxygens (including phenoxy) is 3. The van der Waals surface area contributed by atoms with E-state index in [1.54, 1.807) is 31.4 Å². The molecule has 0 aliphatic carbocycles. The Labute approximate surface area is 287 Å². The van der Waals surface area contributed by atoms with Crippen molar-refractivity contribution in [3.05, 3.63) is 150 Å². The van der Waals surface area contributed by atoms with Gasteiger partial charge in [-0.2, -0.15) is 0 Å². The largest absolute Gasteiger partial charge is 0.497 e. The Hall–Kier alpha value is -5.50. The van der Waals surface area contributed by atoms with Crippen molar-refractivity contribution in [1.82, 2.24) is 19.5 Å². The highest BCUT2D eigenvalue weighted by Gasteiger charge is 2.47. The summed E-state index contributed by atoms with van der Waals surface area (Å²) in [5.41, 5.74) is 2.17. The number of benzene rings is 4. The van der Waals surface area contributed by atoms with Crippen molar-refractivity contribution >= 4 is 22.9 Å². The Morgan fingerprint density at radius 3 is 2.00 bits per heavy atom. The first-order valence-electron chi connectivity index (χ1n) is 16.0. The van der Waals surface area contributed by atoms with Gasteiger partial charge < -0.3 is 34.8 Å². The molecule has 3 heterocycles. The first-order chi connectivity index (χ1) is 24.4. The van der Waals surface area contributed by atoms with Crippen LogP contribution in [0.15, 0.2) is 128 Å². The van der Waals surface area contributed by atoms with E-state index in [9.17, 15) is 20.1 Å². The molecule has 1 aliphatic rings. The summed E-state index contributed by atoms with van der Waals surface area (Å²) in [6.45, 7) is -0.197. The number of aliphatic hydroxyl groups excluding tert-OH is 3. The minimum Gasteiger partial charge on any atom is -0.497 e. The van der Waals surface area contributed by atoms with Crippen LogP contribution >= 0.6 is 0 Å². The second-order valence-corrected chi connectivity index (χ2v) is 11.9. The summed E-state index contributed by atoms with van der Waals surface area (Å²) in [4.78, 5) is 25.8. The number of nitrogens with one attached hydrogen (secondary N) is 1. The topological polar surface area (TPSA) is 161 Å². The van der Waals surface area contributed by atoms with Crippen LogP contribution in [0.1, 0.15) is 33.3 Å². The molecule has 1 fully saturated rings. The Morgan fingerprint density at radius 2 is 1.38 bits per heavy atom. The molecular weight excluding hydrogens is 638 g/mol. The summed E-state index contributed by atoms with van der Waals surface area (Å²) in [7, 11) is 1.60. The van der Waals surface area contributed by atoms with Gasteiger partial charge in [0.1, 0.15) is 42.1 Å². The molecule has 1 aliphatic heterocycles. The van der Waals surface area contributed by atoms with Gasteiger partial charge in [0.15, 0.2) is 23.2 Å². The second kappa shape index (κ2) is 14.2. The number of imidazole rings is 1. The van der Waals surface area contributed by atoms with E-state index in [2.05, 4.69) is 20.3 Å². The fourth-order valence-corrected chi connectivity index (χ4v) is 6.33. The summed E-state index contributed by atoms with van der Waals surface area (Å²) in [5, 5.41) is 36.3. The molecular formula is C38H35N5O7. The number of carbonyl (C=O) groups excluding carboxylic acids is 1. The standard InChI is InChI=1S/C38H35N5O7/c1-48-28-19-17-27(18-20-28)38(25-13-7-3-8-14-25,26-15-9-4-10-16-26)49-21-29-31(44)32(45)33(46)37(50-29)43-23-41-30-34(39-22-40-35(30)43)42-36(47)24-11-5-2-6-12-24/h2-20,22-23,29,31-33,37,44-46H,21H2,1H3,(H,39,40,42,47)/t29-,31-,32+,33-,37-/m1/s1. The minimum absolute atomic E-state index is 0.156. The lowest BCUT2D eigenvalue weighted by molar-refractivity contribution is -0.257. The van der Waals surface area contributed by atoms with Crippen molar-refractivity contribution < 1.29 is 34.3 Å². The van der Waals surface area contributed by atoms with Crippen LogP contribution in [0.4, 0.5) is 5.82 Å². The van der Waals surface area contributed by atoms with Crippen molar-refractivity contribution in [2.45, 2.75) is 36.2 Å².